The summed E-state index contributed by atoms with van der Waals surface area (Å²) in [6.45, 7) is 7.98. The smallest absolute Gasteiger partial charge is 0.363 e. The molecule has 0 unspecified atom stereocenters. The van der Waals surface area contributed by atoms with Crippen LogP contribution in [0.4, 0.5) is 19.0 Å². The molecule has 3 saturated heterocycles. The van der Waals surface area contributed by atoms with Crippen LogP contribution in [0.2, 0.25) is 0 Å². The van der Waals surface area contributed by atoms with Crippen molar-refractivity contribution in [3.05, 3.63) is 63.3 Å². The summed E-state index contributed by atoms with van der Waals surface area (Å²) in [5.41, 5.74) is 0.355. The third-order valence-corrected chi connectivity index (χ3v) is 7.53. The zero-order chi connectivity index (χ0) is 24.3. The first-order valence-electron chi connectivity index (χ1n) is 11.6. The van der Waals surface area contributed by atoms with Gasteiger partial charge in [0, 0.05) is 31.9 Å². The Morgan fingerprint density at radius 1 is 1.09 bits per heavy atom. The maximum absolute atomic E-state index is 13.4. The van der Waals surface area contributed by atoms with Crippen molar-refractivity contribution < 1.29 is 13.2 Å². The largest absolute Gasteiger partial charge is 0.416 e. The van der Waals surface area contributed by atoms with Crippen molar-refractivity contribution in [3.63, 3.8) is 0 Å². The number of benzene rings is 1. The molecule has 0 spiro atoms. The monoisotopic (exact) mass is 471 g/mol. The molecule has 2 aromatic heterocycles. The highest BCUT2D eigenvalue weighted by molar-refractivity contribution is 5.88. The topological polar surface area (TPSA) is 63.1 Å². The Hall–Kier alpha value is -2.94. The van der Waals surface area contributed by atoms with E-state index in [0.717, 1.165) is 45.0 Å². The van der Waals surface area contributed by atoms with Gasteiger partial charge in [-0.05, 0) is 57.2 Å². The lowest BCUT2D eigenvalue weighted by Crippen LogP contribution is -2.55. The molecule has 0 amide bonds. The molecule has 2 bridgehead atoms. The molecule has 3 fully saturated rings. The first-order valence-corrected chi connectivity index (χ1v) is 11.6. The maximum Gasteiger partial charge on any atom is 0.416 e. The summed E-state index contributed by atoms with van der Waals surface area (Å²) in [5, 5.41) is 4.01. The third-order valence-electron chi connectivity index (χ3n) is 7.53. The fourth-order valence-corrected chi connectivity index (χ4v) is 5.58. The van der Waals surface area contributed by atoms with Gasteiger partial charge in [0.15, 0.2) is 0 Å². The number of piperidine rings is 3. The summed E-state index contributed by atoms with van der Waals surface area (Å²) in [4.78, 5) is 24.6. The second-order valence-corrected chi connectivity index (χ2v) is 9.60. The van der Waals surface area contributed by atoms with E-state index in [4.69, 9.17) is 0 Å². The van der Waals surface area contributed by atoms with Gasteiger partial charge in [-0.1, -0.05) is 12.1 Å². The zero-order valence-electron chi connectivity index (χ0n) is 19.5. The Morgan fingerprint density at radius 3 is 2.41 bits per heavy atom. The standard InChI is InChI=1S/C25H28F3N5O/c1-15-18(5-4-6-20(15)25(26,27)28)16(2)29-23-19-14-33(22(34)13-21(19)30-17(3)31-23)24-7-10-32(11-8-24)12-9-24/h4-6,13-14,16H,7-12H2,1-3H3,(H,29,30,31)/t16-/m1/s1. The van der Waals surface area contributed by atoms with Crippen molar-refractivity contribution in [2.24, 2.45) is 0 Å². The number of nitrogens with zero attached hydrogens (tertiary/aromatic N) is 4. The van der Waals surface area contributed by atoms with Crippen LogP contribution in [0.15, 0.2) is 35.3 Å². The Labute approximate surface area is 195 Å². The lowest BCUT2D eigenvalue weighted by atomic mass is 9.79. The van der Waals surface area contributed by atoms with Gasteiger partial charge >= 0.3 is 6.18 Å². The second-order valence-electron chi connectivity index (χ2n) is 9.60. The van der Waals surface area contributed by atoms with E-state index in [1.807, 2.05) is 17.7 Å². The van der Waals surface area contributed by atoms with Gasteiger partial charge in [-0.2, -0.15) is 13.2 Å². The Kier molecular flexibility index (Phi) is 5.42. The van der Waals surface area contributed by atoms with Gasteiger partial charge in [0.1, 0.15) is 11.6 Å². The van der Waals surface area contributed by atoms with E-state index in [0.29, 0.717) is 28.1 Å². The lowest BCUT2D eigenvalue weighted by molar-refractivity contribution is -0.138. The molecule has 1 aromatic carbocycles. The number of pyridine rings is 1. The number of halogens is 3. The predicted molar refractivity (Wildman–Crippen MR) is 125 cm³/mol. The quantitative estimate of drug-likeness (QED) is 0.593. The van der Waals surface area contributed by atoms with Crippen molar-refractivity contribution in [1.82, 2.24) is 19.4 Å². The number of fused-ring (bicyclic) bond motifs is 4. The van der Waals surface area contributed by atoms with Gasteiger partial charge in [0.05, 0.1) is 28.0 Å². The molecule has 6 rings (SSSR count). The van der Waals surface area contributed by atoms with E-state index in [1.165, 1.54) is 13.0 Å². The number of anilines is 1. The molecule has 0 saturated carbocycles. The van der Waals surface area contributed by atoms with E-state index < -0.39 is 17.8 Å². The highest BCUT2D eigenvalue weighted by atomic mass is 19.4. The highest BCUT2D eigenvalue weighted by Crippen LogP contribution is 2.39. The van der Waals surface area contributed by atoms with Gasteiger partial charge in [-0.15, -0.1) is 0 Å². The average Bonchev–Trinajstić information content (AvgIpc) is 2.79. The molecule has 34 heavy (non-hydrogen) atoms. The number of nitrogens with one attached hydrogen (secondary N) is 1. The van der Waals surface area contributed by atoms with Crippen LogP contribution < -0.4 is 10.9 Å². The Balaban J connectivity index is 1.57. The number of rotatable bonds is 4. The number of hydrogen-bond donors (Lipinski definition) is 1. The zero-order valence-corrected chi connectivity index (χ0v) is 19.5. The molecule has 9 heteroatoms. The molecule has 6 nitrogen and oxygen atoms in total. The minimum absolute atomic E-state index is 0.0753. The minimum atomic E-state index is -4.41. The summed E-state index contributed by atoms with van der Waals surface area (Å²) in [5.74, 6) is 1.01. The molecule has 0 aliphatic carbocycles. The van der Waals surface area contributed by atoms with E-state index >= 15 is 0 Å². The summed E-state index contributed by atoms with van der Waals surface area (Å²) in [6, 6.07) is 5.35. The fourth-order valence-electron chi connectivity index (χ4n) is 5.58. The van der Waals surface area contributed by atoms with Crippen molar-refractivity contribution >= 4 is 16.7 Å². The van der Waals surface area contributed by atoms with Crippen molar-refractivity contribution in [2.45, 2.75) is 57.8 Å². The van der Waals surface area contributed by atoms with Crippen LogP contribution >= 0.6 is 0 Å². The minimum Gasteiger partial charge on any atom is -0.363 e. The molecule has 1 atom stereocenters. The highest BCUT2D eigenvalue weighted by Gasteiger charge is 2.41. The molecular weight excluding hydrogens is 443 g/mol. The molecule has 180 valence electrons. The van der Waals surface area contributed by atoms with E-state index in [2.05, 4.69) is 20.2 Å². The second kappa shape index (κ2) is 8.08. The number of aromatic nitrogens is 3. The van der Waals surface area contributed by atoms with Gasteiger partial charge in [-0.3, -0.25) is 4.79 Å². The third kappa shape index (κ3) is 3.85. The molecule has 3 aliphatic heterocycles. The van der Waals surface area contributed by atoms with Gasteiger partial charge < -0.3 is 14.8 Å². The van der Waals surface area contributed by atoms with Crippen LogP contribution in [-0.2, 0) is 11.7 Å². The van der Waals surface area contributed by atoms with Gasteiger partial charge in [0.2, 0.25) is 0 Å². The Bertz CT molecular complexity index is 1290. The molecule has 3 aliphatic rings. The normalized spacial score (nSPS) is 23.3. The van der Waals surface area contributed by atoms with Crippen molar-refractivity contribution in [2.75, 3.05) is 25.0 Å². The lowest BCUT2D eigenvalue weighted by Gasteiger charge is -2.49. The average molecular weight is 472 g/mol. The van der Waals surface area contributed by atoms with E-state index in [-0.39, 0.29) is 16.7 Å². The van der Waals surface area contributed by atoms with Crippen LogP contribution in [0.25, 0.3) is 10.9 Å². The van der Waals surface area contributed by atoms with Crippen molar-refractivity contribution in [3.8, 4) is 0 Å². The predicted octanol–water partition coefficient (Wildman–Crippen LogP) is 4.80. The number of aryl methyl sites for hydroxylation is 1. The van der Waals surface area contributed by atoms with Crippen molar-refractivity contribution in [1.29, 1.82) is 0 Å². The maximum atomic E-state index is 13.4. The first-order chi connectivity index (χ1) is 16.1. The van der Waals surface area contributed by atoms with Crippen LogP contribution in [0, 0.1) is 13.8 Å². The number of alkyl halides is 3. The fraction of sp³-hybridized carbons (Fsp3) is 0.480. The summed E-state index contributed by atoms with van der Waals surface area (Å²) in [6.07, 6.45) is 0.213. The molecular formula is C25H28F3N5O. The van der Waals surface area contributed by atoms with Gasteiger partial charge in [-0.25, -0.2) is 9.97 Å². The molecule has 1 N–H and O–H groups in total. The van der Waals surface area contributed by atoms with E-state index in [9.17, 15) is 18.0 Å². The molecule has 3 aromatic rings. The van der Waals surface area contributed by atoms with Crippen LogP contribution in [0.1, 0.15) is 54.7 Å². The first kappa shape index (κ1) is 22.8. The Morgan fingerprint density at radius 2 is 1.76 bits per heavy atom. The van der Waals surface area contributed by atoms with Crippen LogP contribution in [0.3, 0.4) is 0 Å². The molecule has 5 heterocycles. The number of hydrogen-bond acceptors (Lipinski definition) is 5. The van der Waals surface area contributed by atoms with E-state index in [1.54, 1.807) is 19.1 Å². The summed E-state index contributed by atoms with van der Waals surface area (Å²) >= 11 is 0. The SMILES string of the molecule is Cc1nc(N[C@H](C)c2cccc(C(F)(F)F)c2C)c2cn(C34CCN(CC3)CC4)c(=O)cc2n1. The van der Waals surface area contributed by atoms with Crippen LogP contribution in [-0.4, -0.2) is 39.1 Å². The van der Waals surface area contributed by atoms with Gasteiger partial charge in [0.25, 0.3) is 5.56 Å². The summed E-state index contributed by atoms with van der Waals surface area (Å²) in [7, 11) is 0. The molecule has 0 radical (unpaired) electrons. The summed E-state index contributed by atoms with van der Waals surface area (Å²) < 4.78 is 42.2. The van der Waals surface area contributed by atoms with Crippen LogP contribution in [0.5, 0.6) is 0 Å².